The van der Waals surface area contributed by atoms with Gasteiger partial charge in [0.05, 0.1) is 11.5 Å². The molecule has 7 nitrogen and oxygen atoms in total. The molecule has 0 aliphatic rings. The minimum absolute atomic E-state index is 0.0210. The first-order valence-corrected chi connectivity index (χ1v) is 5.48. The van der Waals surface area contributed by atoms with Gasteiger partial charge in [-0.25, -0.2) is 4.98 Å². The van der Waals surface area contributed by atoms with Gasteiger partial charge in [0, 0.05) is 10.5 Å². The number of aromatic amines is 1. The van der Waals surface area contributed by atoms with Gasteiger partial charge in [-0.05, 0) is 12.1 Å². The predicted octanol–water partition coefficient (Wildman–Crippen LogP) is 2.09. The Labute approximate surface area is 105 Å². The smallest absolute Gasteiger partial charge is 0.292 e. The topological polar surface area (TPSA) is 96.7 Å². The van der Waals surface area contributed by atoms with Gasteiger partial charge in [0.25, 0.3) is 5.69 Å². The highest BCUT2D eigenvalue weighted by atomic mass is 79.9. The molecule has 88 valence electrons. The molecule has 0 atom stereocenters. The van der Waals surface area contributed by atoms with Crippen molar-refractivity contribution in [2.24, 2.45) is 0 Å². The second kappa shape index (κ2) is 4.91. The molecule has 2 N–H and O–H groups in total. The van der Waals surface area contributed by atoms with Crippen LogP contribution in [0.2, 0.25) is 0 Å². The van der Waals surface area contributed by atoms with Crippen molar-refractivity contribution in [3.63, 3.8) is 0 Å². The number of H-pyrrole nitrogens is 1. The van der Waals surface area contributed by atoms with E-state index >= 15 is 0 Å². The van der Waals surface area contributed by atoms with Gasteiger partial charge in [-0.15, -0.1) is 0 Å². The number of rotatable bonds is 4. The van der Waals surface area contributed by atoms with Gasteiger partial charge < -0.3 is 5.32 Å². The Kier molecular flexibility index (Phi) is 3.33. The van der Waals surface area contributed by atoms with E-state index in [1.807, 2.05) is 0 Å². The van der Waals surface area contributed by atoms with Gasteiger partial charge in [-0.3, -0.25) is 15.2 Å². The Morgan fingerprint density at radius 2 is 2.35 bits per heavy atom. The lowest BCUT2D eigenvalue weighted by Crippen LogP contribution is -2.04. The lowest BCUT2D eigenvalue weighted by molar-refractivity contribution is -0.384. The summed E-state index contributed by atoms with van der Waals surface area (Å²) in [5.41, 5.74) is 0.452. The monoisotopic (exact) mass is 297 g/mol. The summed E-state index contributed by atoms with van der Waals surface area (Å²) in [4.78, 5) is 14.3. The van der Waals surface area contributed by atoms with Crippen LogP contribution >= 0.6 is 15.9 Å². The third-order valence-corrected chi connectivity index (χ3v) is 2.56. The van der Waals surface area contributed by atoms with Crippen LogP contribution in [0.25, 0.3) is 0 Å². The fourth-order valence-electron chi connectivity index (χ4n) is 1.30. The van der Waals surface area contributed by atoms with Gasteiger partial charge >= 0.3 is 0 Å². The maximum Gasteiger partial charge on any atom is 0.292 e. The van der Waals surface area contributed by atoms with Crippen LogP contribution in [0, 0.1) is 10.1 Å². The largest absolute Gasteiger partial charge is 0.372 e. The van der Waals surface area contributed by atoms with Crippen LogP contribution in [0.5, 0.6) is 0 Å². The second-order valence-corrected chi connectivity index (χ2v) is 4.12. The van der Waals surface area contributed by atoms with E-state index in [0.29, 0.717) is 18.1 Å². The van der Waals surface area contributed by atoms with E-state index in [4.69, 9.17) is 0 Å². The summed E-state index contributed by atoms with van der Waals surface area (Å²) in [5.74, 6) is 0.610. The summed E-state index contributed by atoms with van der Waals surface area (Å²) in [6, 6.07) is 4.71. The highest BCUT2D eigenvalue weighted by molar-refractivity contribution is 9.10. The minimum Gasteiger partial charge on any atom is -0.372 e. The van der Waals surface area contributed by atoms with Crippen LogP contribution in [-0.4, -0.2) is 20.1 Å². The standard InChI is InChI=1S/C9H8BrN5O2/c10-6-1-2-8(15(16)17)7(3-6)11-4-9-12-5-13-14-9/h1-3,5,11H,4H2,(H,12,13,14). The van der Waals surface area contributed by atoms with Crippen LogP contribution in [0.15, 0.2) is 29.0 Å². The van der Waals surface area contributed by atoms with Crippen molar-refractivity contribution in [1.82, 2.24) is 15.2 Å². The maximum atomic E-state index is 10.8. The van der Waals surface area contributed by atoms with Crippen LogP contribution in [0.4, 0.5) is 11.4 Å². The molecule has 0 saturated heterocycles. The number of aromatic nitrogens is 3. The molecule has 2 aromatic rings. The number of nitrogens with one attached hydrogen (secondary N) is 2. The average Bonchev–Trinajstić information content (AvgIpc) is 2.78. The zero-order valence-corrected chi connectivity index (χ0v) is 10.1. The Bertz CT molecular complexity index is 528. The van der Waals surface area contributed by atoms with Crippen molar-refractivity contribution in [1.29, 1.82) is 0 Å². The van der Waals surface area contributed by atoms with E-state index in [-0.39, 0.29) is 5.69 Å². The number of nitrogens with zero attached hydrogens (tertiary/aromatic N) is 3. The molecule has 0 spiro atoms. The highest BCUT2D eigenvalue weighted by Gasteiger charge is 2.13. The molecule has 0 aliphatic heterocycles. The number of hydrogen-bond donors (Lipinski definition) is 2. The first-order chi connectivity index (χ1) is 8.16. The number of nitro benzene ring substituents is 1. The van der Waals surface area contributed by atoms with Crippen molar-refractivity contribution in [3.05, 3.63) is 44.9 Å². The van der Waals surface area contributed by atoms with Crippen molar-refractivity contribution in [2.45, 2.75) is 6.54 Å². The van der Waals surface area contributed by atoms with Crippen molar-refractivity contribution in [3.8, 4) is 0 Å². The Balaban J connectivity index is 2.19. The molecular formula is C9H8BrN5O2. The zero-order chi connectivity index (χ0) is 12.3. The van der Waals surface area contributed by atoms with Crippen LogP contribution in [0.3, 0.4) is 0 Å². The van der Waals surface area contributed by atoms with E-state index in [0.717, 1.165) is 4.47 Å². The number of hydrogen-bond acceptors (Lipinski definition) is 5. The molecule has 1 heterocycles. The van der Waals surface area contributed by atoms with E-state index in [1.54, 1.807) is 12.1 Å². The average molecular weight is 298 g/mol. The molecule has 1 aromatic heterocycles. The molecule has 2 rings (SSSR count). The maximum absolute atomic E-state index is 10.8. The Morgan fingerprint density at radius 1 is 1.53 bits per heavy atom. The molecule has 17 heavy (non-hydrogen) atoms. The number of halogens is 1. The van der Waals surface area contributed by atoms with Gasteiger partial charge in [-0.2, -0.15) is 5.10 Å². The van der Waals surface area contributed by atoms with Crippen molar-refractivity contribution >= 4 is 27.3 Å². The van der Waals surface area contributed by atoms with Crippen molar-refractivity contribution < 1.29 is 4.92 Å². The van der Waals surface area contributed by atoms with Crippen molar-refractivity contribution in [2.75, 3.05) is 5.32 Å². The lowest BCUT2D eigenvalue weighted by Gasteiger charge is -2.05. The third-order valence-electron chi connectivity index (χ3n) is 2.07. The Morgan fingerprint density at radius 3 is 3.00 bits per heavy atom. The molecule has 0 aliphatic carbocycles. The molecular weight excluding hydrogens is 290 g/mol. The van der Waals surface area contributed by atoms with Gasteiger partial charge in [0.1, 0.15) is 17.8 Å². The van der Waals surface area contributed by atoms with Crippen LogP contribution in [0.1, 0.15) is 5.82 Å². The SMILES string of the molecule is O=[N+]([O-])c1ccc(Br)cc1NCc1ncn[nH]1. The first-order valence-electron chi connectivity index (χ1n) is 4.69. The fourth-order valence-corrected chi connectivity index (χ4v) is 1.67. The summed E-state index contributed by atoms with van der Waals surface area (Å²) >= 11 is 3.27. The Hall–Kier alpha value is -1.96. The normalized spacial score (nSPS) is 10.2. The highest BCUT2D eigenvalue weighted by Crippen LogP contribution is 2.27. The zero-order valence-electron chi connectivity index (χ0n) is 8.55. The second-order valence-electron chi connectivity index (χ2n) is 3.20. The quantitative estimate of drug-likeness (QED) is 0.665. The first kappa shape index (κ1) is 11.5. The number of nitro groups is 1. The summed E-state index contributed by atoms with van der Waals surface area (Å²) in [5, 5.41) is 20.1. The van der Waals surface area contributed by atoms with Gasteiger partial charge in [0.15, 0.2) is 0 Å². The van der Waals surface area contributed by atoms with E-state index < -0.39 is 4.92 Å². The molecule has 0 saturated carbocycles. The van der Waals surface area contributed by atoms with Crippen LogP contribution < -0.4 is 5.32 Å². The molecule has 8 heteroatoms. The number of benzene rings is 1. The predicted molar refractivity (Wildman–Crippen MR) is 64.5 cm³/mol. The molecule has 0 bridgehead atoms. The summed E-state index contributed by atoms with van der Waals surface area (Å²) in [7, 11) is 0. The molecule has 0 fully saturated rings. The number of anilines is 1. The summed E-state index contributed by atoms with van der Waals surface area (Å²) in [6.07, 6.45) is 1.38. The van der Waals surface area contributed by atoms with E-state index in [9.17, 15) is 10.1 Å². The molecule has 0 radical (unpaired) electrons. The van der Waals surface area contributed by atoms with Gasteiger partial charge in [0.2, 0.25) is 0 Å². The lowest BCUT2D eigenvalue weighted by atomic mass is 10.2. The van der Waals surface area contributed by atoms with Crippen LogP contribution in [-0.2, 0) is 6.54 Å². The van der Waals surface area contributed by atoms with E-state index in [1.165, 1.54) is 12.4 Å². The summed E-state index contributed by atoms with van der Waals surface area (Å²) < 4.78 is 0.767. The third kappa shape index (κ3) is 2.78. The summed E-state index contributed by atoms with van der Waals surface area (Å²) in [6.45, 7) is 0.345. The molecule has 0 unspecified atom stereocenters. The molecule has 0 amide bonds. The van der Waals surface area contributed by atoms with E-state index in [2.05, 4.69) is 36.4 Å². The minimum atomic E-state index is -0.435. The van der Waals surface area contributed by atoms with Gasteiger partial charge in [-0.1, -0.05) is 15.9 Å². The molecule has 1 aromatic carbocycles. The fraction of sp³-hybridized carbons (Fsp3) is 0.111.